The van der Waals surface area contributed by atoms with E-state index in [4.69, 9.17) is 14.2 Å². The summed E-state index contributed by atoms with van der Waals surface area (Å²) < 4.78 is 15.2. The molecular weight excluding hydrogens is 172 g/mol. The smallest absolute Gasteiger partial charge is 0.282 e. The molecule has 0 aromatic rings. The molecule has 4 heteroatoms. The van der Waals surface area contributed by atoms with Gasteiger partial charge >= 0.3 is 0 Å². The van der Waals surface area contributed by atoms with Gasteiger partial charge in [-0.2, -0.15) is 0 Å². The molecule has 0 aromatic carbocycles. The van der Waals surface area contributed by atoms with Crippen molar-refractivity contribution in [2.75, 3.05) is 21.3 Å². The number of hydrogen-bond acceptors (Lipinski definition) is 4. The summed E-state index contributed by atoms with van der Waals surface area (Å²) in [6.07, 6.45) is 1.53. The Kier molecular flexibility index (Phi) is 6.24. The maximum atomic E-state index is 9.34. The summed E-state index contributed by atoms with van der Waals surface area (Å²) in [5.74, 6) is -1.00. The third-order valence-corrected chi connectivity index (χ3v) is 2.19. The molecule has 0 radical (unpaired) electrons. The average Bonchev–Trinajstić information content (AvgIpc) is 2.20. The molecule has 0 rings (SSSR count). The molecule has 80 valence electrons. The topological polar surface area (TPSA) is 47.9 Å². The Labute approximate surface area is 79.8 Å². The lowest BCUT2D eigenvalue weighted by Gasteiger charge is -2.29. The summed E-state index contributed by atoms with van der Waals surface area (Å²) in [6, 6.07) is 0. The Morgan fingerprint density at radius 3 is 1.92 bits per heavy atom. The lowest BCUT2D eigenvalue weighted by atomic mass is 10.1. The standard InChI is InChI=1S/C9H20O4/c1-5-8(10)6-7-9(11-2,12-3)13-4/h8,10H,5-7H2,1-4H3. The summed E-state index contributed by atoms with van der Waals surface area (Å²) in [5, 5.41) is 9.34. The average molecular weight is 192 g/mol. The van der Waals surface area contributed by atoms with Gasteiger partial charge in [-0.25, -0.2) is 0 Å². The summed E-state index contributed by atoms with van der Waals surface area (Å²) in [4.78, 5) is 0. The van der Waals surface area contributed by atoms with Crippen molar-refractivity contribution in [2.45, 2.75) is 38.3 Å². The molecule has 0 saturated heterocycles. The number of hydrogen-bond donors (Lipinski definition) is 1. The fourth-order valence-electron chi connectivity index (χ4n) is 1.10. The monoisotopic (exact) mass is 192 g/mol. The van der Waals surface area contributed by atoms with Crippen LogP contribution in [0.4, 0.5) is 0 Å². The molecule has 0 aliphatic heterocycles. The number of aliphatic hydroxyl groups excluding tert-OH is 1. The third kappa shape index (κ3) is 4.04. The molecule has 0 saturated carbocycles. The third-order valence-electron chi connectivity index (χ3n) is 2.19. The highest BCUT2D eigenvalue weighted by molar-refractivity contribution is 4.60. The maximum Gasteiger partial charge on any atom is 0.282 e. The van der Waals surface area contributed by atoms with Crippen molar-refractivity contribution in [3.8, 4) is 0 Å². The highest BCUT2D eigenvalue weighted by Gasteiger charge is 2.29. The van der Waals surface area contributed by atoms with Crippen molar-refractivity contribution in [3.63, 3.8) is 0 Å². The molecule has 0 aromatic heterocycles. The van der Waals surface area contributed by atoms with Crippen LogP contribution in [-0.4, -0.2) is 38.5 Å². The zero-order chi connectivity index (χ0) is 10.3. The molecule has 1 N–H and O–H groups in total. The van der Waals surface area contributed by atoms with Crippen LogP contribution in [0.2, 0.25) is 0 Å². The Morgan fingerprint density at radius 1 is 1.15 bits per heavy atom. The Balaban J connectivity index is 3.95. The SMILES string of the molecule is CCC(O)CCC(OC)(OC)OC. The molecule has 4 nitrogen and oxygen atoms in total. The van der Waals surface area contributed by atoms with Crippen LogP contribution in [0, 0.1) is 0 Å². The highest BCUT2D eigenvalue weighted by atomic mass is 16.9. The van der Waals surface area contributed by atoms with E-state index in [1.165, 1.54) is 21.3 Å². The first-order valence-corrected chi connectivity index (χ1v) is 4.47. The fourth-order valence-corrected chi connectivity index (χ4v) is 1.10. The van der Waals surface area contributed by atoms with Gasteiger partial charge in [-0.15, -0.1) is 0 Å². The van der Waals surface area contributed by atoms with Gasteiger partial charge in [-0.3, -0.25) is 0 Å². The molecule has 0 spiro atoms. The highest BCUT2D eigenvalue weighted by Crippen LogP contribution is 2.20. The minimum Gasteiger partial charge on any atom is -0.393 e. The van der Waals surface area contributed by atoms with Gasteiger partial charge in [0.05, 0.1) is 6.10 Å². The van der Waals surface area contributed by atoms with Gasteiger partial charge in [0.2, 0.25) is 0 Å². The largest absolute Gasteiger partial charge is 0.393 e. The molecular formula is C9H20O4. The van der Waals surface area contributed by atoms with Gasteiger partial charge in [0.15, 0.2) is 0 Å². The molecule has 0 amide bonds. The van der Waals surface area contributed by atoms with Gasteiger partial charge < -0.3 is 19.3 Å². The van der Waals surface area contributed by atoms with Gasteiger partial charge in [-0.1, -0.05) is 6.92 Å². The number of methoxy groups -OCH3 is 3. The fraction of sp³-hybridized carbons (Fsp3) is 1.00. The lowest BCUT2D eigenvalue weighted by Crippen LogP contribution is -2.36. The van der Waals surface area contributed by atoms with Crippen LogP contribution >= 0.6 is 0 Å². The van der Waals surface area contributed by atoms with Crippen LogP contribution in [-0.2, 0) is 14.2 Å². The minimum absolute atomic E-state index is 0.320. The van der Waals surface area contributed by atoms with E-state index in [0.717, 1.165) is 6.42 Å². The van der Waals surface area contributed by atoms with E-state index in [9.17, 15) is 5.11 Å². The van der Waals surface area contributed by atoms with Crippen LogP contribution < -0.4 is 0 Å². The van der Waals surface area contributed by atoms with Gasteiger partial charge in [-0.05, 0) is 12.8 Å². The normalized spacial score (nSPS) is 14.5. The minimum atomic E-state index is -1.00. The zero-order valence-electron chi connectivity index (χ0n) is 8.87. The molecule has 1 unspecified atom stereocenters. The van der Waals surface area contributed by atoms with E-state index in [1.54, 1.807) is 0 Å². The molecule has 0 aliphatic rings. The molecule has 0 heterocycles. The van der Waals surface area contributed by atoms with Crippen LogP contribution in [0.1, 0.15) is 26.2 Å². The predicted octanol–water partition coefficient (Wildman–Crippen LogP) is 1.13. The first-order chi connectivity index (χ1) is 6.14. The number of ether oxygens (including phenoxy) is 3. The molecule has 1 atom stereocenters. The predicted molar refractivity (Wildman–Crippen MR) is 49.3 cm³/mol. The Hall–Kier alpha value is -0.160. The van der Waals surface area contributed by atoms with Crippen LogP contribution in [0.25, 0.3) is 0 Å². The second kappa shape index (κ2) is 6.32. The lowest BCUT2D eigenvalue weighted by molar-refractivity contribution is -0.356. The van der Waals surface area contributed by atoms with E-state index in [1.807, 2.05) is 6.92 Å². The second-order valence-corrected chi connectivity index (χ2v) is 2.90. The molecule has 0 aliphatic carbocycles. The van der Waals surface area contributed by atoms with E-state index in [0.29, 0.717) is 12.8 Å². The van der Waals surface area contributed by atoms with Crippen molar-refractivity contribution < 1.29 is 19.3 Å². The number of rotatable bonds is 7. The van der Waals surface area contributed by atoms with Gasteiger partial charge in [0.1, 0.15) is 0 Å². The van der Waals surface area contributed by atoms with E-state index >= 15 is 0 Å². The van der Waals surface area contributed by atoms with E-state index in [2.05, 4.69) is 0 Å². The molecule has 13 heavy (non-hydrogen) atoms. The van der Waals surface area contributed by atoms with E-state index < -0.39 is 5.97 Å². The molecule has 0 bridgehead atoms. The summed E-state index contributed by atoms with van der Waals surface area (Å²) in [5.41, 5.74) is 0. The maximum absolute atomic E-state index is 9.34. The van der Waals surface area contributed by atoms with E-state index in [-0.39, 0.29) is 6.10 Å². The molecule has 0 fully saturated rings. The first-order valence-electron chi connectivity index (χ1n) is 4.47. The van der Waals surface area contributed by atoms with Crippen molar-refractivity contribution in [2.24, 2.45) is 0 Å². The Bertz CT molecular complexity index is 115. The van der Waals surface area contributed by atoms with Crippen LogP contribution in [0.5, 0.6) is 0 Å². The Morgan fingerprint density at radius 2 is 1.62 bits per heavy atom. The van der Waals surface area contributed by atoms with Gasteiger partial charge in [0.25, 0.3) is 5.97 Å². The summed E-state index contributed by atoms with van der Waals surface area (Å²) >= 11 is 0. The van der Waals surface area contributed by atoms with Crippen molar-refractivity contribution in [3.05, 3.63) is 0 Å². The van der Waals surface area contributed by atoms with Crippen molar-refractivity contribution >= 4 is 0 Å². The first kappa shape index (κ1) is 12.8. The second-order valence-electron chi connectivity index (χ2n) is 2.90. The quantitative estimate of drug-likeness (QED) is 0.614. The summed E-state index contributed by atoms with van der Waals surface area (Å²) in [7, 11) is 4.56. The van der Waals surface area contributed by atoms with Gasteiger partial charge in [0, 0.05) is 27.8 Å². The van der Waals surface area contributed by atoms with Crippen LogP contribution in [0.15, 0.2) is 0 Å². The zero-order valence-corrected chi connectivity index (χ0v) is 8.87. The van der Waals surface area contributed by atoms with Crippen molar-refractivity contribution in [1.29, 1.82) is 0 Å². The van der Waals surface area contributed by atoms with Crippen LogP contribution in [0.3, 0.4) is 0 Å². The summed E-state index contributed by atoms with van der Waals surface area (Å²) in [6.45, 7) is 1.93. The number of aliphatic hydroxyl groups is 1. The van der Waals surface area contributed by atoms with Crippen molar-refractivity contribution in [1.82, 2.24) is 0 Å².